The summed E-state index contributed by atoms with van der Waals surface area (Å²) in [4.78, 5) is 12.7. The first-order valence-corrected chi connectivity index (χ1v) is 10.5. The lowest BCUT2D eigenvalue weighted by molar-refractivity contribution is 0.0903. The van der Waals surface area contributed by atoms with Gasteiger partial charge in [0, 0.05) is 18.0 Å². The van der Waals surface area contributed by atoms with Crippen LogP contribution in [0, 0.1) is 11.3 Å². The summed E-state index contributed by atoms with van der Waals surface area (Å²) in [5.74, 6) is 1.51. The number of carbonyl (C=O) groups is 1. The molecular formula is C25H33NO2. The molecule has 150 valence electrons. The van der Waals surface area contributed by atoms with Crippen molar-refractivity contribution in [1.82, 2.24) is 5.32 Å². The molecule has 1 aliphatic rings. The molecule has 28 heavy (non-hydrogen) atoms. The molecule has 1 N–H and O–H groups in total. The lowest BCUT2D eigenvalue weighted by atomic mass is 9.71. The molecule has 0 unspecified atom stereocenters. The fourth-order valence-corrected chi connectivity index (χ4v) is 4.03. The molecule has 3 rings (SSSR count). The van der Waals surface area contributed by atoms with E-state index in [2.05, 4.69) is 38.2 Å². The van der Waals surface area contributed by atoms with E-state index in [-0.39, 0.29) is 11.9 Å². The number of hydrogen-bond donors (Lipinski definition) is 1. The highest BCUT2D eigenvalue weighted by Crippen LogP contribution is 2.37. The molecule has 1 saturated carbocycles. The highest BCUT2D eigenvalue weighted by Gasteiger charge is 2.30. The molecule has 1 aliphatic carbocycles. The Morgan fingerprint density at radius 2 is 1.71 bits per heavy atom. The summed E-state index contributed by atoms with van der Waals surface area (Å²) in [6, 6.07) is 18.1. The van der Waals surface area contributed by atoms with Crippen LogP contribution in [0.2, 0.25) is 0 Å². The number of nitrogens with one attached hydrogen (secondary N) is 1. The summed E-state index contributed by atoms with van der Waals surface area (Å²) in [5.41, 5.74) is 2.29. The molecule has 0 bridgehead atoms. The number of rotatable bonds is 6. The Kier molecular flexibility index (Phi) is 6.77. The van der Waals surface area contributed by atoms with Crippen molar-refractivity contribution >= 4 is 5.91 Å². The van der Waals surface area contributed by atoms with E-state index < -0.39 is 0 Å². The minimum absolute atomic E-state index is 0.00715. The van der Waals surface area contributed by atoms with Crippen molar-refractivity contribution < 1.29 is 9.53 Å². The third-order valence-corrected chi connectivity index (χ3v) is 5.89. The molecule has 0 aromatic heterocycles. The highest BCUT2D eigenvalue weighted by atomic mass is 16.5. The predicted molar refractivity (Wildman–Crippen MR) is 115 cm³/mol. The molecule has 2 aromatic rings. The highest BCUT2D eigenvalue weighted by molar-refractivity contribution is 5.94. The Labute approximate surface area is 169 Å². The maximum absolute atomic E-state index is 12.7. The van der Waals surface area contributed by atoms with Crippen LogP contribution in [0.25, 0.3) is 0 Å². The quantitative estimate of drug-likeness (QED) is 0.705. The van der Waals surface area contributed by atoms with Gasteiger partial charge >= 0.3 is 0 Å². The topological polar surface area (TPSA) is 38.3 Å². The largest absolute Gasteiger partial charge is 0.493 e. The Morgan fingerprint density at radius 3 is 2.39 bits per heavy atom. The fraction of sp³-hybridized carbons (Fsp3) is 0.480. The number of hydrogen-bond acceptors (Lipinski definition) is 2. The predicted octanol–water partition coefficient (Wildman–Crippen LogP) is 5.64. The summed E-state index contributed by atoms with van der Waals surface area (Å²) in [5, 5.41) is 3.22. The van der Waals surface area contributed by atoms with E-state index in [1.807, 2.05) is 42.5 Å². The van der Waals surface area contributed by atoms with Crippen LogP contribution in [0.4, 0.5) is 0 Å². The van der Waals surface area contributed by atoms with Crippen LogP contribution in [0.5, 0.6) is 5.75 Å². The second-order valence-corrected chi connectivity index (χ2v) is 9.00. The minimum atomic E-state index is 0.00715. The zero-order valence-corrected chi connectivity index (χ0v) is 17.4. The second-order valence-electron chi connectivity index (χ2n) is 9.00. The van der Waals surface area contributed by atoms with E-state index in [1.165, 1.54) is 18.4 Å². The van der Waals surface area contributed by atoms with Gasteiger partial charge in [0.1, 0.15) is 5.75 Å². The second kappa shape index (κ2) is 9.27. The molecule has 1 amide bonds. The van der Waals surface area contributed by atoms with Crippen LogP contribution < -0.4 is 10.1 Å². The first-order chi connectivity index (χ1) is 13.4. The normalized spacial score (nSPS) is 19.8. The van der Waals surface area contributed by atoms with Gasteiger partial charge in [0.05, 0.1) is 6.61 Å². The SMILES string of the molecule is CC(C)(C)C1CCC(NC(=O)c2cccc(OCCc3ccccc3)c2)CC1. The van der Waals surface area contributed by atoms with E-state index >= 15 is 0 Å². The van der Waals surface area contributed by atoms with Crippen LogP contribution in [0.3, 0.4) is 0 Å². The standard InChI is InChI=1S/C25H33NO2/c1-25(2,3)21-12-14-22(15-13-21)26-24(27)20-10-7-11-23(18-20)28-17-16-19-8-5-4-6-9-19/h4-11,18,21-22H,12-17H2,1-3H3,(H,26,27). The Hall–Kier alpha value is -2.29. The molecule has 3 heteroatoms. The summed E-state index contributed by atoms with van der Waals surface area (Å²) < 4.78 is 5.86. The van der Waals surface area contributed by atoms with Crippen molar-refractivity contribution in [3.8, 4) is 5.75 Å². The minimum Gasteiger partial charge on any atom is -0.493 e. The van der Waals surface area contributed by atoms with E-state index in [1.54, 1.807) is 0 Å². The smallest absolute Gasteiger partial charge is 0.251 e. The lowest BCUT2D eigenvalue weighted by Crippen LogP contribution is -2.39. The molecule has 1 fully saturated rings. The third kappa shape index (κ3) is 5.85. The Balaban J connectivity index is 1.48. The number of ether oxygens (including phenoxy) is 1. The lowest BCUT2D eigenvalue weighted by Gasteiger charge is -2.37. The molecule has 2 aromatic carbocycles. The van der Waals surface area contributed by atoms with Crippen molar-refractivity contribution in [3.63, 3.8) is 0 Å². The van der Waals surface area contributed by atoms with Crippen molar-refractivity contribution in [2.24, 2.45) is 11.3 Å². The van der Waals surface area contributed by atoms with Crippen LogP contribution >= 0.6 is 0 Å². The van der Waals surface area contributed by atoms with Crippen LogP contribution in [-0.2, 0) is 6.42 Å². The van der Waals surface area contributed by atoms with E-state index in [0.29, 0.717) is 17.6 Å². The van der Waals surface area contributed by atoms with Crippen molar-refractivity contribution in [2.75, 3.05) is 6.61 Å². The van der Waals surface area contributed by atoms with Crippen molar-refractivity contribution in [3.05, 3.63) is 65.7 Å². The van der Waals surface area contributed by atoms with Crippen LogP contribution in [0.15, 0.2) is 54.6 Å². The van der Waals surface area contributed by atoms with Gasteiger partial charge in [-0.1, -0.05) is 57.2 Å². The maximum atomic E-state index is 12.7. The summed E-state index contributed by atoms with van der Waals surface area (Å²) in [6.45, 7) is 7.56. The van der Waals surface area contributed by atoms with Crippen molar-refractivity contribution in [1.29, 1.82) is 0 Å². The third-order valence-electron chi connectivity index (χ3n) is 5.89. The first-order valence-electron chi connectivity index (χ1n) is 10.5. The average Bonchev–Trinajstić information content (AvgIpc) is 2.69. The fourth-order valence-electron chi connectivity index (χ4n) is 4.03. The van der Waals surface area contributed by atoms with Gasteiger partial charge in [-0.3, -0.25) is 4.79 Å². The summed E-state index contributed by atoms with van der Waals surface area (Å²) in [6.07, 6.45) is 5.38. The van der Waals surface area contributed by atoms with Gasteiger partial charge in [0.15, 0.2) is 0 Å². The molecule has 0 saturated heterocycles. The van der Waals surface area contributed by atoms with Gasteiger partial charge in [-0.05, 0) is 60.8 Å². The number of carbonyl (C=O) groups excluding carboxylic acids is 1. The molecule has 0 atom stereocenters. The van der Waals surface area contributed by atoms with Crippen LogP contribution in [0.1, 0.15) is 62.4 Å². The van der Waals surface area contributed by atoms with E-state index in [4.69, 9.17) is 4.74 Å². The Bertz CT molecular complexity index is 756. The molecule has 0 radical (unpaired) electrons. The van der Waals surface area contributed by atoms with Gasteiger partial charge in [-0.25, -0.2) is 0 Å². The number of amides is 1. The van der Waals surface area contributed by atoms with Gasteiger partial charge in [0.2, 0.25) is 0 Å². The molecule has 0 spiro atoms. The molecule has 0 heterocycles. The zero-order valence-electron chi connectivity index (χ0n) is 17.4. The van der Waals surface area contributed by atoms with E-state index in [0.717, 1.165) is 30.9 Å². The van der Waals surface area contributed by atoms with Gasteiger partial charge < -0.3 is 10.1 Å². The summed E-state index contributed by atoms with van der Waals surface area (Å²) >= 11 is 0. The van der Waals surface area contributed by atoms with Crippen molar-refractivity contribution in [2.45, 2.75) is 58.9 Å². The monoisotopic (exact) mass is 379 g/mol. The molecule has 3 nitrogen and oxygen atoms in total. The maximum Gasteiger partial charge on any atom is 0.251 e. The summed E-state index contributed by atoms with van der Waals surface area (Å²) in [7, 11) is 0. The van der Waals surface area contributed by atoms with Gasteiger partial charge in [0.25, 0.3) is 5.91 Å². The zero-order chi connectivity index (χ0) is 20.0. The number of benzene rings is 2. The Morgan fingerprint density at radius 1 is 1.00 bits per heavy atom. The first kappa shape index (κ1) is 20.4. The van der Waals surface area contributed by atoms with Gasteiger partial charge in [-0.15, -0.1) is 0 Å². The molecule has 0 aliphatic heterocycles. The van der Waals surface area contributed by atoms with E-state index in [9.17, 15) is 4.79 Å². The van der Waals surface area contributed by atoms with Crippen LogP contribution in [-0.4, -0.2) is 18.6 Å². The average molecular weight is 380 g/mol. The molecular weight excluding hydrogens is 346 g/mol. The van der Waals surface area contributed by atoms with Gasteiger partial charge in [-0.2, -0.15) is 0 Å².